The van der Waals surface area contributed by atoms with Gasteiger partial charge in [-0.2, -0.15) is 0 Å². The van der Waals surface area contributed by atoms with Gasteiger partial charge in [-0.05, 0) is 74.5 Å². The summed E-state index contributed by atoms with van der Waals surface area (Å²) in [6, 6.07) is 24.8. The maximum Gasteiger partial charge on any atom is 0.237 e. The summed E-state index contributed by atoms with van der Waals surface area (Å²) in [6.45, 7) is 4.03. The number of nitrogens with one attached hydrogen (secondary N) is 1. The number of thioether (sulfide) groups is 1. The molecule has 3 aromatic rings. The van der Waals surface area contributed by atoms with Crippen LogP contribution in [0.3, 0.4) is 0 Å². The molecular formula is C23H24N2O2S. The van der Waals surface area contributed by atoms with Gasteiger partial charge in [-0.25, -0.2) is 0 Å². The van der Waals surface area contributed by atoms with Gasteiger partial charge in [0.2, 0.25) is 5.91 Å². The van der Waals surface area contributed by atoms with E-state index in [0.717, 1.165) is 22.0 Å². The number of aromatic hydroxyl groups is 1. The van der Waals surface area contributed by atoms with E-state index in [1.807, 2.05) is 85.5 Å². The van der Waals surface area contributed by atoms with Crippen LogP contribution >= 0.6 is 11.8 Å². The molecule has 4 nitrogen and oxygen atoms in total. The normalized spacial score (nSPS) is 10.7. The topological polar surface area (TPSA) is 52.6 Å². The summed E-state index contributed by atoms with van der Waals surface area (Å²) >= 11 is 1.47. The Hall–Kier alpha value is -2.92. The van der Waals surface area contributed by atoms with Crippen LogP contribution in [0, 0.1) is 0 Å². The lowest BCUT2D eigenvalue weighted by Crippen LogP contribution is -2.38. The smallest absolute Gasteiger partial charge is 0.237 e. The molecule has 0 saturated heterocycles. The molecule has 2 N–H and O–H groups in total. The Bertz CT molecular complexity index is 894. The molecule has 0 radical (unpaired) electrons. The Morgan fingerprint density at radius 2 is 1.54 bits per heavy atom. The number of hydrogen-bond acceptors (Lipinski definition) is 4. The zero-order chi connectivity index (χ0) is 19.9. The molecular weight excluding hydrogens is 368 g/mol. The van der Waals surface area contributed by atoms with Crippen LogP contribution < -0.4 is 10.2 Å². The molecule has 3 rings (SSSR count). The van der Waals surface area contributed by atoms with Gasteiger partial charge in [-0.15, -0.1) is 11.8 Å². The van der Waals surface area contributed by atoms with Crippen molar-refractivity contribution < 1.29 is 9.90 Å². The summed E-state index contributed by atoms with van der Waals surface area (Å²) in [5.41, 5.74) is 2.88. The number of nitrogens with zero attached hydrogens (tertiary/aromatic N) is 1. The Morgan fingerprint density at radius 3 is 2.14 bits per heavy atom. The SMILES string of the molecule is CC(C)N(C(=O)CSc1ccc(O)cc1)c1ccc(Nc2ccccc2)cc1. The second-order valence-corrected chi connectivity index (χ2v) is 7.73. The zero-order valence-electron chi connectivity index (χ0n) is 16.0. The van der Waals surface area contributed by atoms with Crippen molar-refractivity contribution in [1.29, 1.82) is 0 Å². The maximum absolute atomic E-state index is 12.8. The quantitative estimate of drug-likeness (QED) is 0.509. The van der Waals surface area contributed by atoms with Crippen molar-refractivity contribution in [3.05, 3.63) is 78.9 Å². The van der Waals surface area contributed by atoms with Crippen molar-refractivity contribution in [2.24, 2.45) is 0 Å². The molecule has 0 fully saturated rings. The van der Waals surface area contributed by atoms with Gasteiger partial charge in [0.05, 0.1) is 5.75 Å². The Kier molecular flexibility index (Phi) is 6.61. The van der Waals surface area contributed by atoms with Crippen LogP contribution in [-0.2, 0) is 4.79 Å². The molecule has 5 heteroatoms. The van der Waals surface area contributed by atoms with Crippen LogP contribution in [0.1, 0.15) is 13.8 Å². The standard InChI is InChI=1S/C23H24N2O2S/c1-17(2)25(23(27)16-28-22-14-12-21(26)13-15-22)20-10-8-19(9-11-20)24-18-6-4-3-5-7-18/h3-15,17,24,26H,16H2,1-2H3. The molecule has 0 bridgehead atoms. The van der Waals surface area contributed by atoms with Gasteiger partial charge in [0, 0.05) is 28.0 Å². The van der Waals surface area contributed by atoms with E-state index >= 15 is 0 Å². The zero-order valence-corrected chi connectivity index (χ0v) is 16.8. The van der Waals surface area contributed by atoms with Gasteiger partial charge in [-0.1, -0.05) is 18.2 Å². The van der Waals surface area contributed by atoms with E-state index in [-0.39, 0.29) is 17.7 Å². The predicted molar refractivity (Wildman–Crippen MR) is 118 cm³/mol. The monoisotopic (exact) mass is 392 g/mol. The van der Waals surface area contributed by atoms with E-state index < -0.39 is 0 Å². The van der Waals surface area contributed by atoms with Gasteiger partial charge in [0.15, 0.2) is 0 Å². The number of phenolic OH excluding ortho intramolecular Hbond substituents is 1. The molecule has 28 heavy (non-hydrogen) atoms. The summed E-state index contributed by atoms with van der Waals surface area (Å²) in [6.07, 6.45) is 0. The number of carbonyl (C=O) groups excluding carboxylic acids is 1. The number of rotatable bonds is 7. The number of hydrogen-bond donors (Lipinski definition) is 2. The van der Waals surface area contributed by atoms with Crippen molar-refractivity contribution in [3.63, 3.8) is 0 Å². The highest BCUT2D eigenvalue weighted by Crippen LogP contribution is 2.25. The largest absolute Gasteiger partial charge is 0.508 e. The molecule has 0 spiro atoms. The third-order valence-electron chi connectivity index (χ3n) is 4.19. The van der Waals surface area contributed by atoms with Crippen LogP contribution in [0.25, 0.3) is 0 Å². The van der Waals surface area contributed by atoms with Crippen LogP contribution in [0.15, 0.2) is 83.8 Å². The van der Waals surface area contributed by atoms with Crippen molar-refractivity contribution in [2.45, 2.75) is 24.8 Å². The molecule has 0 aliphatic heterocycles. The third kappa shape index (κ3) is 5.30. The van der Waals surface area contributed by atoms with Gasteiger partial charge in [0.25, 0.3) is 0 Å². The Balaban J connectivity index is 1.67. The fourth-order valence-corrected chi connectivity index (χ4v) is 3.64. The van der Waals surface area contributed by atoms with Crippen LogP contribution in [0.2, 0.25) is 0 Å². The molecule has 0 aliphatic rings. The predicted octanol–water partition coefficient (Wildman–Crippen LogP) is 5.67. The van der Waals surface area contributed by atoms with E-state index in [0.29, 0.717) is 5.75 Å². The number of amides is 1. The number of carbonyl (C=O) groups is 1. The second kappa shape index (κ2) is 9.33. The van der Waals surface area contributed by atoms with E-state index in [4.69, 9.17) is 0 Å². The van der Waals surface area contributed by atoms with Gasteiger partial charge in [0.1, 0.15) is 5.75 Å². The maximum atomic E-state index is 12.8. The first-order chi connectivity index (χ1) is 13.5. The number of benzene rings is 3. The highest BCUT2D eigenvalue weighted by molar-refractivity contribution is 8.00. The van der Waals surface area contributed by atoms with Crippen LogP contribution in [-0.4, -0.2) is 22.8 Å². The lowest BCUT2D eigenvalue weighted by molar-refractivity contribution is -0.116. The van der Waals surface area contributed by atoms with Crippen LogP contribution in [0.5, 0.6) is 5.75 Å². The first kappa shape index (κ1) is 19.8. The summed E-state index contributed by atoms with van der Waals surface area (Å²) in [5.74, 6) is 0.619. The molecule has 0 aromatic heterocycles. The van der Waals surface area contributed by atoms with E-state index in [1.54, 1.807) is 12.1 Å². The summed E-state index contributed by atoms with van der Waals surface area (Å²) in [7, 11) is 0. The van der Waals surface area contributed by atoms with Crippen molar-refractivity contribution >= 4 is 34.7 Å². The molecule has 3 aromatic carbocycles. The number of phenols is 1. The highest BCUT2D eigenvalue weighted by atomic mass is 32.2. The van der Waals surface area contributed by atoms with Crippen molar-refractivity contribution in [3.8, 4) is 5.75 Å². The summed E-state index contributed by atoms with van der Waals surface area (Å²) < 4.78 is 0. The average Bonchev–Trinajstić information content (AvgIpc) is 2.69. The number of para-hydroxylation sites is 1. The van der Waals surface area contributed by atoms with Crippen LogP contribution in [0.4, 0.5) is 17.1 Å². The number of anilines is 3. The molecule has 0 aliphatic carbocycles. The van der Waals surface area contributed by atoms with Gasteiger partial charge < -0.3 is 15.3 Å². The second-order valence-electron chi connectivity index (χ2n) is 6.68. The minimum atomic E-state index is 0.0526. The minimum absolute atomic E-state index is 0.0526. The first-order valence-electron chi connectivity index (χ1n) is 9.19. The average molecular weight is 393 g/mol. The summed E-state index contributed by atoms with van der Waals surface area (Å²) in [4.78, 5) is 15.6. The highest BCUT2D eigenvalue weighted by Gasteiger charge is 2.19. The molecule has 1 amide bonds. The van der Waals surface area contributed by atoms with Gasteiger partial charge >= 0.3 is 0 Å². The third-order valence-corrected chi connectivity index (χ3v) is 5.19. The van der Waals surface area contributed by atoms with E-state index in [1.165, 1.54) is 11.8 Å². The lowest BCUT2D eigenvalue weighted by atomic mass is 10.2. The molecule has 0 saturated carbocycles. The molecule has 144 valence electrons. The summed E-state index contributed by atoms with van der Waals surface area (Å²) in [5, 5.41) is 12.7. The van der Waals surface area contributed by atoms with E-state index in [9.17, 15) is 9.90 Å². The van der Waals surface area contributed by atoms with Crippen molar-refractivity contribution in [1.82, 2.24) is 0 Å². The molecule has 0 heterocycles. The first-order valence-corrected chi connectivity index (χ1v) is 10.2. The van der Waals surface area contributed by atoms with Gasteiger partial charge in [-0.3, -0.25) is 4.79 Å². The Labute approximate surface area is 170 Å². The van der Waals surface area contributed by atoms with Crippen molar-refractivity contribution in [2.75, 3.05) is 16.0 Å². The fourth-order valence-electron chi connectivity index (χ4n) is 2.88. The Morgan fingerprint density at radius 1 is 0.929 bits per heavy atom. The molecule has 0 unspecified atom stereocenters. The van der Waals surface area contributed by atoms with E-state index in [2.05, 4.69) is 5.32 Å². The fraction of sp³-hybridized carbons (Fsp3) is 0.174. The minimum Gasteiger partial charge on any atom is -0.508 e. The lowest BCUT2D eigenvalue weighted by Gasteiger charge is -2.27. The molecule has 0 atom stereocenters.